The smallest absolute Gasteiger partial charge is 0.545 e. The molecular weight excluding hydrogens is 435 g/mol. The average Bonchev–Trinajstić information content (AvgIpc) is 2.67. The predicted molar refractivity (Wildman–Crippen MR) is 99.4 cm³/mol. The van der Waals surface area contributed by atoms with Crippen molar-refractivity contribution in [3.05, 3.63) is 82.9 Å². The van der Waals surface area contributed by atoms with Crippen molar-refractivity contribution in [2.75, 3.05) is 0 Å². The Kier molecular flexibility index (Phi) is 10.9. The molecule has 0 fully saturated rings. The molecule has 0 N–H and O–H groups in total. The molecule has 2 aromatic rings. The number of hydrogen-bond donors (Lipinski definition) is 0. The van der Waals surface area contributed by atoms with E-state index in [4.69, 9.17) is 0 Å². The van der Waals surface area contributed by atoms with E-state index in [2.05, 4.69) is 0 Å². The number of carboxylic acids is 2. The first-order valence-electron chi connectivity index (χ1n) is 8.14. The van der Waals surface area contributed by atoms with Crippen LogP contribution < -0.4 is 10.2 Å². The zero-order valence-corrected chi connectivity index (χ0v) is 17.3. The van der Waals surface area contributed by atoms with Crippen molar-refractivity contribution >= 4 is 23.1 Å². The minimum Gasteiger partial charge on any atom is -0.545 e. The quantitative estimate of drug-likeness (QED) is 0.523. The number of carboxylic acid groups (broad SMARTS) is 2. The number of carbonyl (C=O) groups excluding carboxylic acids is 2. The molecule has 0 aliphatic rings. The Bertz CT molecular complexity index is 750. The van der Waals surface area contributed by atoms with Crippen LogP contribution in [0.5, 0.6) is 0 Å². The summed E-state index contributed by atoms with van der Waals surface area (Å²) in [6, 6.07) is 18.8. The summed E-state index contributed by atoms with van der Waals surface area (Å²) in [6.45, 7) is 6.66. The molecule has 2 rings (SSSR count). The van der Waals surface area contributed by atoms with Gasteiger partial charge in [-0.05, 0) is 61.1 Å². The maximum atomic E-state index is 10.5. The fourth-order valence-electron chi connectivity index (χ4n) is 2.12. The van der Waals surface area contributed by atoms with E-state index in [0.29, 0.717) is 0 Å². The van der Waals surface area contributed by atoms with E-state index in [-0.39, 0.29) is 31.6 Å². The Labute approximate surface area is 173 Å². The van der Waals surface area contributed by atoms with Crippen LogP contribution in [0, 0.1) is 0 Å². The van der Waals surface area contributed by atoms with E-state index in [9.17, 15) is 19.8 Å². The van der Waals surface area contributed by atoms with E-state index in [1.807, 2.05) is 60.7 Å². The Hall–Kier alpha value is -2.48. The Morgan fingerprint density at radius 1 is 0.593 bits per heavy atom. The molecule has 0 aromatic heterocycles. The van der Waals surface area contributed by atoms with Crippen LogP contribution in [-0.2, 0) is 30.0 Å². The van der Waals surface area contributed by atoms with Crippen molar-refractivity contribution in [1.29, 1.82) is 0 Å². The maximum Gasteiger partial charge on any atom is 2.00 e. The topological polar surface area (TPSA) is 80.3 Å². The summed E-state index contributed by atoms with van der Waals surface area (Å²) in [4.78, 5) is 21.1. The van der Waals surface area contributed by atoms with Gasteiger partial charge in [0.15, 0.2) is 0 Å². The molecule has 144 valence electrons. The Morgan fingerprint density at radius 3 is 1.07 bits per heavy atom. The van der Waals surface area contributed by atoms with Gasteiger partial charge in [-0.25, -0.2) is 0 Å². The third kappa shape index (κ3) is 7.74. The summed E-state index contributed by atoms with van der Waals surface area (Å²) >= 11 is 0. The average molecular weight is 457 g/mol. The number of benzene rings is 2. The summed E-state index contributed by atoms with van der Waals surface area (Å²) in [6.07, 6.45) is 0. The van der Waals surface area contributed by atoms with Crippen LogP contribution in [0.3, 0.4) is 0 Å². The molecule has 0 heterocycles. The third-order valence-corrected chi connectivity index (χ3v) is 4.15. The van der Waals surface area contributed by atoms with E-state index in [1.54, 1.807) is 27.7 Å². The zero-order chi connectivity index (χ0) is 19.7. The van der Waals surface area contributed by atoms with Crippen LogP contribution in [0.4, 0.5) is 0 Å². The van der Waals surface area contributed by atoms with Crippen molar-refractivity contribution in [3.63, 3.8) is 0 Å². The van der Waals surface area contributed by atoms with Gasteiger partial charge in [-0.2, -0.15) is 0 Å². The van der Waals surface area contributed by atoms with Crippen molar-refractivity contribution in [3.8, 4) is 0 Å². The number of allylic oxidation sites excluding steroid dienone is 2. The number of carbonyl (C=O) groups is 2. The minimum absolute atomic E-state index is 0. The van der Waals surface area contributed by atoms with Gasteiger partial charge < -0.3 is 19.8 Å². The van der Waals surface area contributed by atoms with E-state index < -0.39 is 11.9 Å². The predicted octanol–water partition coefficient (Wildman–Crippen LogP) is 2.46. The molecule has 0 aliphatic carbocycles. The van der Waals surface area contributed by atoms with E-state index >= 15 is 0 Å². The summed E-state index contributed by atoms with van der Waals surface area (Å²) in [7, 11) is 0. The van der Waals surface area contributed by atoms with Crippen molar-refractivity contribution < 1.29 is 40.2 Å². The SMILES string of the molecule is CC(C(=O)[O-])=C(C)c1ccccc1.CC(C(=O)[O-])=C(C)c1ccccc1.[Pd+2]. The monoisotopic (exact) mass is 456 g/mol. The largest absolute Gasteiger partial charge is 2.00 e. The third-order valence-electron chi connectivity index (χ3n) is 4.15. The molecule has 0 bridgehead atoms. The summed E-state index contributed by atoms with van der Waals surface area (Å²) in [5, 5.41) is 21.1. The molecule has 0 radical (unpaired) electrons. The second kappa shape index (κ2) is 12.0. The minimum atomic E-state index is -1.11. The Morgan fingerprint density at radius 2 is 0.852 bits per heavy atom. The van der Waals surface area contributed by atoms with Gasteiger partial charge in [0.05, 0.1) is 11.9 Å². The molecule has 0 saturated heterocycles. The van der Waals surface area contributed by atoms with Gasteiger partial charge in [-0.1, -0.05) is 60.7 Å². The molecule has 0 aliphatic heterocycles. The van der Waals surface area contributed by atoms with Gasteiger partial charge in [-0.3, -0.25) is 0 Å². The van der Waals surface area contributed by atoms with Crippen molar-refractivity contribution in [2.24, 2.45) is 0 Å². The molecule has 4 nitrogen and oxygen atoms in total. The van der Waals surface area contributed by atoms with Gasteiger partial charge in [0.1, 0.15) is 0 Å². The summed E-state index contributed by atoms with van der Waals surface area (Å²) < 4.78 is 0. The van der Waals surface area contributed by atoms with Gasteiger partial charge in [0, 0.05) is 0 Å². The number of aliphatic carboxylic acids is 2. The molecule has 0 unspecified atom stereocenters. The maximum absolute atomic E-state index is 10.5. The van der Waals surface area contributed by atoms with Crippen molar-refractivity contribution in [2.45, 2.75) is 27.7 Å². The first kappa shape index (κ1) is 24.5. The molecule has 0 atom stereocenters. The first-order chi connectivity index (χ1) is 12.3. The fourth-order valence-corrected chi connectivity index (χ4v) is 2.12. The molecule has 0 spiro atoms. The second-order valence-corrected chi connectivity index (χ2v) is 5.81. The van der Waals surface area contributed by atoms with Crippen LogP contribution in [0.25, 0.3) is 11.1 Å². The van der Waals surface area contributed by atoms with Crippen LogP contribution in [-0.4, -0.2) is 11.9 Å². The van der Waals surface area contributed by atoms with Crippen LogP contribution in [0.15, 0.2) is 71.8 Å². The van der Waals surface area contributed by atoms with Gasteiger partial charge in [0.2, 0.25) is 0 Å². The summed E-state index contributed by atoms with van der Waals surface area (Å²) in [5.74, 6) is -2.22. The molecule has 5 heteroatoms. The van der Waals surface area contributed by atoms with Crippen LogP contribution in [0.1, 0.15) is 38.8 Å². The van der Waals surface area contributed by atoms with Gasteiger partial charge >= 0.3 is 20.4 Å². The van der Waals surface area contributed by atoms with E-state index in [1.165, 1.54) is 0 Å². The molecule has 0 amide bonds. The molecule has 0 saturated carbocycles. The van der Waals surface area contributed by atoms with Crippen LogP contribution in [0.2, 0.25) is 0 Å². The number of rotatable bonds is 4. The molecule has 27 heavy (non-hydrogen) atoms. The normalized spacial score (nSPS) is 11.7. The first-order valence-corrected chi connectivity index (χ1v) is 8.14. The van der Waals surface area contributed by atoms with Gasteiger partial charge in [0.25, 0.3) is 0 Å². The Balaban J connectivity index is 0.000000483. The molecule has 2 aromatic carbocycles. The van der Waals surface area contributed by atoms with Gasteiger partial charge in [-0.15, -0.1) is 0 Å². The van der Waals surface area contributed by atoms with Crippen LogP contribution >= 0.6 is 0 Å². The summed E-state index contributed by atoms with van der Waals surface area (Å²) in [5.41, 5.74) is 3.91. The molecular formula is C22H22O4Pd. The standard InChI is InChI=1S/2C11H12O2.Pd/c2*1-8(9(2)11(12)13)10-6-4-3-5-7-10;/h2*3-7H,1-2H3,(H,12,13);/q;;+2/p-2. The van der Waals surface area contributed by atoms with Crippen molar-refractivity contribution in [1.82, 2.24) is 0 Å². The zero-order valence-electron chi connectivity index (χ0n) is 15.7. The second-order valence-electron chi connectivity index (χ2n) is 5.81. The number of hydrogen-bond acceptors (Lipinski definition) is 4. The fraction of sp³-hybridized carbons (Fsp3) is 0.182. The van der Waals surface area contributed by atoms with E-state index in [0.717, 1.165) is 22.3 Å².